The van der Waals surface area contributed by atoms with Crippen molar-refractivity contribution in [1.82, 2.24) is 14.9 Å². The van der Waals surface area contributed by atoms with Crippen molar-refractivity contribution in [3.8, 4) is 6.07 Å². The number of fused-ring (bicyclic) bond motifs is 1. The lowest BCUT2D eigenvalue weighted by Gasteiger charge is -2.46. The zero-order valence-corrected chi connectivity index (χ0v) is 22.2. The number of benzene rings is 1. The summed E-state index contributed by atoms with van der Waals surface area (Å²) in [7, 11) is 2.15. The van der Waals surface area contributed by atoms with E-state index in [9.17, 15) is 18.4 Å². The molecule has 0 amide bonds. The number of rotatable bonds is 5. The molecule has 3 aromatic rings. The van der Waals surface area contributed by atoms with Crippen LogP contribution < -0.4 is 10.2 Å². The number of thiophene rings is 1. The molecule has 1 N–H and O–H groups in total. The molecule has 2 aromatic heterocycles. The van der Waals surface area contributed by atoms with E-state index in [1.165, 1.54) is 11.9 Å². The van der Waals surface area contributed by atoms with Gasteiger partial charge in [-0.3, -0.25) is 0 Å². The predicted molar refractivity (Wildman–Crippen MR) is 146 cm³/mol. The number of hydrogen-bond donors (Lipinski definition) is 1. The minimum atomic E-state index is -4.23. The quantitative estimate of drug-likeness (QED) is 0.415. The number of aromatic nitrogens is 2. The number of piperidine rings is 1. The van der Waals surface area contributed by atoms with E-state index in [0.29, 0.717) is 16.8 Å². The summed E-state index contributed by atoms with van der Waals surface area (Å²) in [5.41, 5.74) is 3.23. The van der Waals surface area contributed by atoms with E-state index in [0.717, 1.165) is 92.1 Å². The van der Waals surface area contributed by atoms with Gasteiger partial charge in [0.25, 0.3) is 0 Å². The second kappa shape index (κ2) is 9.69. The van der Waals surface area contributed by atoms with Crippen LogP contribution in [-0.2, 0) is 6.42 Å². The van der Waals surface area contributed by atoms with E-state index in [1.807, 2.05) is 12.1 Å². The van der Waals surface area contributed by atoms with Crippen LogP contribution in [0.5, 0.6) is 0 Å². The Balaban J connectivity index is 0.00000308. The fourth-order valence-electron chi connectivity index (χ4n) is 6.61. The highest BCUT2D eigenvalue weighted by atomic mass is 32.1. The van der Waals surface area contributed by atoms with Gasteiger partial charge in [-0.15, -0.1) is 11.3 Å². The number of nitrogens with one attached hydrogen (secondary N) is 1. The summed E-state index contributed by atoms with van der Waals surface area (Å²) in [6.07, 6.45) is 1.60. The molecule has 4 heterocycles. The van der Waals surface area contributed by atoms with E-state index < -0.39 is 12.6 Å². The molecule has 0 radical (unpaired) electrons. The van der Waals surface area contributed by atoms with Crippen LogP contribution in [0.15, 0.2) is 30.6 Å². The molecule has 0 atom stereocenters. The Morgan fingerprint density at radius 3 is 2.71 bits per heavy atom. The molecule has 1 saturated carbocycles. The van der Waals surface area contributed by atoms with Gasteiger partial charge in [0.15, 0.2) is 0 Å². The molecule has 2 aliphatic heterocycles. The first-order valence-corrected chi connectivity index (χ1v) is 14.1. The zero-order chi connectivity index (χ0) is 26.5. The minimum absolute atomic E-state index is 0. The standard InChI is InChI=1S/C28H31F3N6S.H2/c1-36-7-4-18(5-8-36)23-10-20(3-2-19(23)15-32)35-21-12-27(13-21)6-9-37(16-27)25-24-11-22(14-28(29,30)31)38-26(24)34-17-33-25;/h2-3,10-11,17-18,21,35H,4-9,12-14,16H2,1H3;1H. The number of halogens is 3. The van der Waals surface area contributed by atoms with Gasteiger partial charge < -0.3 is 15.1 Å². The highest BCUT2D eigenvalue weighted by Gasteiger charge is 2.49. The van der Waals surface area contributed by atoms with Crippen LogP contribution >= 0.6 is 11.3 Å². The van der Waals surface area contributed by atoms with Crippen molar-refractivity contribution >= 4 is 33.1 Å². The largest absolute Gasteiger partial charge is 0.393 e. The maximum atomic E-state index is 12.9. The average molecular weight is 543 g/mol. The van der Waals surface area contributed by atoms with Gasteiger partial charge in [0.2, 0.25) is 0 Å². The van der Waals surface area contributed by atoms with Gasteiger partial charge in [0.05, 0.1) is 23.4 Å². The van der Waals surface area contributed by atoms with Gasteiger partial charge in [-0.2, -0.15) is 18.4 Å². The van der Waals surface area contributed by atoms with Crippen LogP contribution in [0.3, 0.4) is 0 Å². The van der Waals surface area contributed by atoms with Crippen molar-refractivity contribution in [3.05, 3.63) is 46.6 Å². The lowest BCUT2D eigenvalue weighted by Crippen LogP contribution is -2.46. The first-order valence-electron chi connectivity index (χ1n) is 13.2. The molecule has 202 valence electrons. The minimum Gasteiger partial charge on any atom is -0.382 e. The molecule has 0 unspecified atom stereocenters. The topological polar surface area (TPSA) is 68.1 Å². The fraction of sp³-hybridized carbons (Fsp3) is 0.536. The summed E-state index contributed by atoms with van der Waals surface area (Å²) in [6.45, 7) is 3.82. The van der Waals surface area contributed by atoms with Crippen LogP contribution in [0.1, 0.15) is 55.5 Å². The monoisotopic (exact) mass is 542 g/mol. The van der Waals surface area contributed by atoms with Crippen molar-refractivity contribution in [2.24, 2.45) is 5.41 Å². The van der Waals surface area contributed by atoms with Crippen molar-refractivity contribution < 1.29 is 14.6 Å². The first-order chi connectivity index (χ1) is 18.2. The number of nitrogens with zero attached hydrogens (tertiary/aromatic N) is 5. The van der Waals surface area contributed by atoms with E-state index in [4.69, 9.17) is 0 Å². The Bertz CT molecular complexity index is 1370. The summed E-state index contributed by atoms with van der Waals surface area (Å²) >= 11 is 1.10. The normalized spacial score (nSPS) is 24.6. The van der Waals surface area contributed by atoms with Crippen molar-refractivity contribution in [1.29, 1.82) is 5.26 Å². The third-order valence-corrected chi connectivity index (χ3v) is 9.58. The van der Waals surface area contributed by atoms with Gasteiger partial charge in [0, 0.05) is 31.1 Å². The number of anilines is 2. The summed E-state index contributed by atoms with van der Waals surface area (Å²) in [5, 5.41) is 14.1. The second-order valence-corrected chi connectivity index (χ2v) is 12.4. The Morgan fingerprint density at radius 2 is 1.97 bits per heavy atom. The molecule has 1 spiro atoms. The molecule has 3 aliphatic rings. The highest BCUT2D eigenvalue weighted by Crippen LogP contribution is 2.50. The van der Waals surface area contributed by atoms with E-state index >= 15 is 0 Å². The summed E-state index contributed by atoms with van der Waals surface area (Å²) < 4.78 is 38.8. The van der Waals surface area contributed by atoms with Crippen molar-refractivity contribution in [3.63, 3.8) is 0 Å². The highest BCUT2D eigenvalue weighted by molar-refractivity contribution is 7.18. The molecule has 6 rings (SSSR count). The van der Waals surface area contributed by atoms with Gasteiger partial charge in [-0.05, 0) is 93.4 Å². The molecule has 2 saturated heterocycles. The zero-order valence-electron chi connectivity index (χ0n) is 21.4. The number of hydrogen-bond acceptors (Lipinski definition) is 7. The Hall–Kier alpha value is -2.90. The molecule has 38 heavy (non-hydrogen) atoms. The fourth-order valence-corrected chi connectivity index (χ4v) is 7.63. The molecule has 3 fully saturated rings. The van der Waals surface area contributed by atoms with Gasteiger partial charge in [-0.1, -0.05) is 0 Å². The van der Waals surface area contributed by atoms with Crippen LogP contribution in [0.4, 0.5) is 24.7 Å². The van der Waals surface area contributed by atoms with Crippen LogP contribution in [-0.4, -0.2) is 60.3 Å². The molecular weight excluding hydrogens is 509 g/mol. The van der Waals surface area contributed by atoms with E-state index in [2.05, 4.69) is 44.3 Å². The Kier molecular flexibility index (Phi) is 6.47. The van der Waals surface area contributed by atoms with Crippen molar-refractivity contribution in [2.75, 3.05) is 43.4 Å². The molecule has 6 nitrogen and oxygen atoms in total. The lowest BCUT2D eigenvalue weighted by molar-refractivity contribution is -0.126. The second-order valence-electron chi connectivity index (χ2n) is 11.3. The third-order valence-electron chi connectivity index (χ3n) is 8.53. The van der Waals surface area contributed by atoms with E-state index in [1.54, 1.807) is 6.07 Å². The maximum Gasteiger partial charge on any atom is 0.393 e. The maximum absolute atomic E-state index is 12.9. The molecule has 0 bridgehead atoms. The number of likely N-dealkylation sites (tertiary alicyclic amines) is 1. The number of nitriles is 1. The lowest BCUT2D eigenvalue weighted by atomic mass is 9.65. The smallest absolute Gasteiger partial charge is 0.382 e. The van der Waals surface area contributed by atoms with Crippen molar-refractivity contribution in [2.45, 2.75) is 56.7 Å². The van der Waals surface area contributed by atoms with Crippen LogP contribution in [0.25, 0.3) is 10.2 Å². The Morgan fingerprint density at radius 1 is 1.18 bits per heavy atom. The SMILES string of the molecule is CN1CCC(c2cc(NC3CC4(CCN(c5ncnc6sc(CC(F)(F)F)cc56)C4)C3)ccc2C#N)CC1.[HH]. The van der Waals surface area contributed by atoms with Gasteiger partial charge >= 0.3 is 6.18 Å². The summed E-state index contributed by atoms with van der Waals surface area (Å²) in [6, 6.07) is 10.5. The summed E-state index contributed by atoms with van der Waals surface area (Å²) in [5.74, 6) is 1.18. The average Bonchev–Trinajstić information content (AvgIpc) is 3.47. The Labute approximate surface area is 226 Å². The molecular formula is C28H33F3N6S. The van der Waals surface area contributed by atoms with Crippen LogP contribution in [0, 0.1) is 16.7 Å². The number of alkyl halides is 3. The first kappa shape index (κ1) is 25.4. The van der Waals surface area contributed by atoms with Crippen LogP contribution in [0.2, 0.25) is 0 Å². The van der Waals surface area contributed by atoms with Gasteiger partial charge in [-0.25, -0.2) is 9.97 Å². The third kappa shape index (κ3) is 5.06. The van der Waals surface area contributed by atoms with Gasteiger partial charge in [0.1, 0.15) is 17.0 Å². The molecule has 1 aromatic carbocycles. The predicted octanol–water partition coefficient (Wildman–Crippen LogP) is 6.19. The molecule has 1 aliphatic carbocycles. The van der Waals surface area contributed by atoms with E-state index in [-0.39, 0.29) is 11.7 Å². The summed E-state index contributed by atoms with van der Waals surface area (Å²) in [4.78, 5) is 14.2. The molecule has 10 heteroatoms.